The van der Waals surface area contributed by atoms with Gasteiger partial charge in [0.25, 0.3) is 11.1 Å². The van der Waals surface area contributed by atoms with Gasteiger partial charge in [-0.1, -0.05) is 30.3 Å². The quantitative estimate of drug-likeness (QED) is 0.721. The lowest BCUT2D eigenvalue weighted by Gasteiger charge is -2.03. The monoisotopic (exact) mass is 291 g/mol. The molecule has 22 heavy (non-hydrogen) atoms. The summed E-state index contributed by atoms with van der Waals surface area (Å²) in [5, 5.41) is 5.40. The average Bonchev–Trinajstić information content (AvgIpc) is 2.94. The molecule has 0 fully saturated rings. The summed E-state index contributed by atoms with van der Waals surface area (Å²) in [6, 6.07) is 13.3. The molecule has 1 aromatic heterocycles. The number of benzene rings is 2. The number of fused-ring (bicyclic) bond motifs is 2. The molecule has 0 radical (unpaired) electrons. The van der Waals surface area contributed by atoms with Crippen LogP contribution in [0.5, 0.6) is 0 Å². The number of H-pyrrole nitrogens is 2. The Morgan fingerprint density at radius 2 is 1.68 bits per heavy atom. The van der Waals surface area contributed by atoms with E-state index >= 15 is 0 Å². The van der Waals surface area contributed by atoms with Crippen LogP contribution < -0.4 is 11.1 Å². The van der Waals surface area contributed by atoms with Gasteiger partial charge in [0.1, 0.15) is 0 Å². The highest BCUT2D eigenvalue weighted by Gasteiger charge is 2.17. The smallest absolute Gasteiger partial charge is 0.267 e. The van der Waals surface area contributed by atoms with E-state index in [4.69, 9.17) is 0 Å². The van der Waals surface area contributed by atoms with Gasteiger partial charge in [0.15, 0.2) is 0 Å². The van der Waals surface area contributed by atoms with Crippen molar-refractivity contribution in [3.63, 3.8) is 0 Å². The molecule has 0 saturated carbocycles. The summed E-state index contributed by atoms with van der Waals surface area (Å²) in [5.41, 5.74) is 3.25. The molecule has 1 aliphatic rings. The third-order valence-corrected chi connectivity index (χ3v) is 4.02. The normalized spacial score (nSPS) is 15.4. The highest BCUT2D eigenvalue weighted by molar-refractivity contribution is 6.07. The minimum Gasteiger partial charge on any atom is -0.267 e. The first-order valence-corrected chi connectivity index (χ1v) is 7.13. The molecule has 0 unspecified atom stereocenters. The largest absolute Gasteiger partial charge is 0.272 e. The van der Waals surface area contributed by atoms with Gasteiger partial charge >= 0.3 is 0 Å². The molecule has 108 valence electrons. The Labute approximate surface area is 125 Å². The van der Waals surface area contributed by atoms with Crippen molar-refractivity contribution in [2.24, 2.45) is 4.99 Å². The van der Waals surface area contributed by atoms with Crippen molar-refractivity contribution in [3.8, 4) is 0 Å². The minimum absolute atomic E-state index is 0.316. The predicted molar refractivity (Wildman–Crippen MR) is 86.1 cm³/mol. The van der Waals surface area contributed by atoms with Crippen molar-refractivity contribution in [1.29, 1.82) is 0 Å². The van der Waals surface area contributed by atoms with Gasteiger partial charge in [-0.2, -0.15) is 0 Å². The highest BCUT2D eigenvalue weighted by Crippen LogP contribution is 2.27. The second-order valence-corrected chi connectivity index (χ2v) is 5.32. The lowest BCUT2D eigenvalue weighted by atomic mass is 10.1. The number of aromatic nitrogens is 2. The SMILES string of the molecule is O=c1[nH][nH]c(=O)c2c(N=C3CCc4ccccc43)cccc12. The number of nitrogens with zero attached hydrogens (tertiary/aromatic N) is 1. The first-order chi connectivity index (χ1) is 10.7. The maximum atomic E-state index is 12.1. The van der Waals surface area contributed by atoms with Crippen LogP contribution in [-0.4, -0.2) is 15.9 Å². The molecule has 1 heterocycles. The first-order valence-electron chi connectivity index (χ1n) is 7.13. The van der Waals surface area contributed by atoms with Crippen LogP contribution in [-0.2, 0) is 6.42 Å². The Kier molecular flexibility index (Phi) is 2.79. The molecule has 0 saturated heterocycles. The van der Waals surface area contributed by atoms with Crippen LogP contribution in [0.3, 0.4) is 0 Å². The van der Waals surface area contributed by atoms with E-state index in [1.807, 2.05) is 18.2 Å². The van der Waals surface area contributed by atoms with Gasteiger partial charge in [0, 0.05) is 5.71 Å². The van der Waals surface area contributed by atoms with E-state index in [2.05, 4.69) is 21.3 Å². The van der Waals surface area contributed by atoms with E-state index in [9.17, 15) is 9.59 Å². The fraction of sp³-hybridized carbons (Fsp3) is 0.118. The Morgan fingerprint density at radius 3 is 2.59 bits per heavy atom. The predicted octanol–water partition coefficient (Wildman–Crippen LogP) is 2.28. The first kappa shape index (κ1) is 12.8. The second kappa shape index (κ2) is 4.80. The van der Waals surface area contributed by atoms with E-state index in [1.54, 1.807) is 18.2 Å². The van der Waals surface area contributed by atoms with Crippen molar-refractivity contribution >= 4 is 22.2 Å². The number of nitrogens with one attached hydrogen (secondary N) is 2. The second-order valence-electron chi connectivity index (χ2n) is 5.32. The van der Waals surface area contributed by atoms with Gasteiger partial charge in [-0.3, -0.25) is 24.8 Å². The molecule has 4 rings (SSSR count). The number of rotatable bonds is 1. The number of aromatic amines is 2. The van der Waals surface area contributed by atoms with E-state index in [0.29, 0.717) is 16.5 Å². The van der Waals surface area contributed by atoms with E-state index < -0.39 is 0 Å². The summed E-state index contributed by atoms with van der Waals surface area (Å²) in [5.74, 6) is 0. The van der Waals surface area contributed by atoms with Crippen molar-refractivity contribution in [1.82, 2.24) is 10.2 Å². The summed E-state index contributed by atoms with van der Waals surface area (Å²) in [6.45, 7) is 0. The number of hydrogen-bond donors (Lipinski definition) is 2. The Balaban J connectivity index is 1.98. The molecular weight excluding hydrogens is 278 g/mol. The van der Waals surface area contributed by atoms with Crippen LogP contribution in [0.15, 0.2) is 57.0 Å². The summed E-state index contributed by atoms with van der Waals surface area (Å²) < 4.78 is 0. The third kappa shape index (κ3) is 1.90. The molecule has 5 nitrogen and oxygen atoms in total. The molecule has 2 N–H and O–H groups in total. The van der Waals surface area contributed by atoms with Gasteiger partial charge in [0.05, 0.1) is 16.5 Å². The fourth-order valence-electron chi connectivity index (χ4n) is 2.97. The van der Waals surface area contributed by atoms with E-state index in [0.717, 1.165) is 24.1 Å². The molecule has 0 atom stereocenters. The molecule has 0 aliphatic heterocycles. The summed E-state index contributed by atoms with van der Waals surface area (Å²) >= 11 is 0. The highest BCUT2D eigenvalue weighted by atomic mass is 16.1. The zero-order valence-electron chi connectivity index (χ0n) is 11.7. The third-order valence-electron chi connectivity index (χ3n) is 4.02. The zero-order valence-corrected chi connectivity index (χ0v) is 11.7. The minimum atomic E-state index is -0.333. The standard InChI is InChI=1S/C17H13N3O2/c21-16-12-6-3-7-14(15(12)17(22)20-19-16)18-13-9-8-10-4-1-2-5-11(10)13/h1-7H,8-9H2,(H,19,21)(H,20,22). The summed E-state index contributed by atoms with van der Waals surface area (Å²) in [4.78, 5) is 28.6. The lowest BCUT2D eigenvalue weighted by Crippen LogP contribution is -2.18. The molecule has 3 aromatic rings. The fourth-order valence-corrected chi connectivity index (χ4v) is 2.97. The van der Waals surface area contributed by atoms with Gasteiger partial charge in [-0.25, -0.2) is 0 Å². The van der Waals surface area contributed by atoms with Gasteiger partial charge < -0.3 is 0 Å². The van der Waals surface area contributed by atoms with E-state index in [-0.39, 0.29) is 11.1 Å². The molecule has 0 amide bonds. The van der Waals surface area contributed by atoms with Crippen molar-refractivity contribution in [2.75, 3.05) is 0 Å². The number of hydrogen-bond acceptors (Lipinski definition) is 3. The van der Waals surface area contributed by atoms with Gasteiger partial charge in [-0.15, -0.1) is 0 Å². The topological polar surface area (TPSA) is 78.1 Å². The van der Waals surface area contributed by atoms with Gasteiger partial charge in [0.2, 0.25) is 0 Å². The Morgan fingerprint density at radius 1 is 0.864 bits per heavy atom. The number of aliphatic imine (C=N–C) groups is 1. The lowest BCUT2D eigenvalue weighted by molar-refractivity contribution is 0.976. The Bertz CT molecular complexity index is 1030. The summed E-state index contributed by atoms with van der Waals surface area (Å²) in [6.07, 6.45) is 1.80. The van der Waals surface area contributed by atoms with Crippen molar-refractivity contribution in [2.45, 2.75) is 12.8 Å². The maximum Gasteiger partial charge on any atom is 0.272 e. The van der Waals surface area contributed by atoms with Crippen LogP contribution in [0.25, 0.3) is 10.8 Å². The van der Waals surface area contributed by atoms with E-state index in [1.165, 1.54) is 5.56 Å². The van der Waals surface area contributed by atoms with Crippen LogP contribution >= 0.6 is 0 Å². The van der Waals surface area contributed by atoms with Crippen LogP contribution in [0.4, 0.5) is 5.69 Å². The maximum absolute atomic E-state index is 12.1. The molecule has 5 heteroatoms. The Hall–Kier alpha value is -2.95. The van der Waals surface area contributed by atoms with Crippen molar-refractivity contribution < 1.29 is 0 Å². The summed E-state index contributed by atoms with van der Waals surface area (Å²) in [7, 11) is 0. The molecule has 0 bridgehead atoms. The molecule has 0 spiro atoms. The molecular formula is C17H13N3O2. The zero-order chi connectivity index (χ0) is 15.1. The van der Waals surface area contributed by atoms with Crippen LogP contribution in [0, 0.1) is 0 Å². The van der Waals surface area contributed by atoms with Crippen molar-refractivity contribution in [3.05, 3.63) is 74.3 Å². The van der Waals surface area contributed by atoms with Crippen LogP contribution in [0.2, 0.25) is 0 Å². The molecule has 1 aliphatic carbocycles. The average molecular weight is 291 g/mol. The van der Waals surface area contributed by atoms with Crippen LogP contribution in [0.1, 0.15) is 17.5 Å². The number of aryl methyl sites for hydroxylation is 1. The van der Waals surface area contributed by atoms with Gasteiger partial charge in [-0.05, 0) is 36.1 Å². The molecule has 2 aromatic carbocycles.